The first-order valence-corrected chi connectivity index (χ1v) is 4.39. The molecule has 3 heteroatoms. The van der Waals surface area contributed by atoms with E-state index in [2.05, 4.69) is 12.0 Å². The molecule has 1 aliphatic rings. The van der Waals surface area contributed by atoms with E-state index in [1.807, 2.05) is 13.2 Å². The number of aliphatic hydroxyl groups excluding tert-OH is 1. The highest BCUT2D eigenvalue weighted by Gasteiger charge is 2.26. The van der Waals surface area contributed by atoms with Crippen LogP contribution in [0.4, 0.5) is 0 Å². The molecule has 0 spiro atoms. The van der Waals surface area contributed by atoms with E-state index in [4.69, 9.17) is 0 Å². The van der Waals surface area contributed by atoms with Gasteiger partial charge in [0.25, 0.3) is 0 Å². The molecule has 66 valence electrons. The fourth-order valence-electron chi connectivity index (χ4n) is 1.82. The van der Waals surface area contributed by atoms with Gasteiger partial charge in [0.05, 0.1) is 11.8 Å². The summed E-state index contributed by atoms with van der Waals surface area (Å²) in [6.45, 7) is 2.08. The maximum atomic E-state index is 9.79. The molecule has 0 saturated carbocycles. The number of nitrogens with zero attached hydrogens (tertiary/aromatic N) is 2. The SMILES string of the molecule is CC1CCc2nn(C)cc2C1O. The van der Waals surface area contributed by atoms with Crippen LogP contribution in [0.15, 0.2) is 6.20 Å². The lowest BCUT2D eigenvalue weighted by Crippen LogP contribution is -2.16. The highest BCUT2D eigenvalue weighted by atomic mass is 16.3. The van der Waals surface area contributed by atoms with Gasteiger partial charge in [-0.3, -0.25) is 4.68 Å². The van der Waals surface area contributed by atoms with Crippen LogP contribution >= 0.6 is 0 Å². The molecule has 0 fully saturated rings. The van der Waals surface area contributed by atoms with E-state index in [9.17, 15) is 5.11 Å². The van der Waals surface area contributed by atoms with E-state index in [0.29, 0.717) is 5.92 Å². The van der Waals surface area contributed by atoms with Gasteiger partial charge in [-0.25, -0.2) is 0 Å². The van der Waals surface area contributed by atoms with E-state index >= 15 is 0 Å². The normalized spacial score (nSPS) is 28.6. The maximum Gasteiger partial charge on any atom is 0.0848 e. The van der Waals surface area contributed by atoms with Crippen molar-refractivity contribution in [3.63, 3.8) is 0 Å². The third kappa shape index (κ3) is 1.05. The third-order valence-corrected chi connectivity index (χ3v) is 2.63. The Morgan fingerprint density at radius 2 is 2.42 bits per heavy atom. The van der Waals surface area contributed by atoms with Gasteiger partial charge < -0.3 is 5.11 Å². The van der Waals surface area contributed by atoms with Gasteiger partial charge in [-0.15, -0.1) is 0 Å². The van der Waals surface area contributed by atoms with Crippen molar-refractivity contribution in [1.29, 1.82) is 0 Å². The molecule has 2 unspecified atom stereocenters. The number of aryl methyl sites for hydroxylation is 2. The Morgan fingerprint density at radius 3 is 3.17 bits per heavy atom. The highest BCUT2D eigenvalue weighted by molar-refractivity contribution is 5.23. The minimum absolute atomic E-state index is 0.303. The molecule has 2 atom stereocenters. The summed E-state index contributed by atoms with van der Waals surface area (Å²) >= 11 is 0. The summed E-state index contributed by atoms with van der Waals surface area (Å²) in [6, 6.07) is 0. The van der Waals surface area contributed by atoms with Crippen LogP contribution in [0, 0.1) is 5.92 Å². The van der Waals surface area contributed by atoms with E-state index in [0.717, 1.165) is 24.1 Å². The van der Waals surface area contributed by atoms with Crippen molar-refractivity contribution in [3.05, 3.63) is 17.5 Å². The molecule has 0 saturated heterocycles. The molecule has 1 aliphatic carbocycles. The highest BCUT2D eigenvalue weighted by Crippen LogP contribution is 2.32. The predicted molar refractivity (Wildman–Crippen MR) is 45.7 cm³/mol. The van der Waals surface area contributed by atoms with Gasteiger partial charge in [0.15, 0.2) is 0 Å². The number of hydrogen-bond acceptors (Lipinski definition) is 2. The molecule has 0 aromatic carbocycles. The first-order chi connectivity index (χ1) is 5.68. The second kappa shape index (κ2) is 2.59. The summed E-state index contributed by atoms with van der Waals surface area (Å²) in [6.07, 6.45) is 3.68. The van der Waals surface area contributed by atoms with Gasteiger partial charge >= 0.3 is 0 Å². The summed E-state index contributed by atoms with van der Waals surface area (Å²) in [7, 11) is 1.90. The summed E-state index contributed by atoms with van der Waals surface area (Å²) < 4.78 is 1.78. The van der Waals surface area contributed by atoms with Gasteiger partial charge in [-0.05, 0) is 18.8 Å². The average Bonchev–Trinajstić information content (AvgIpc) is 2.39. The van der Waals surface area contributed by atoms with Crippen molar-refractivity contribution in [1.82, 2.24) is 9.78 Å². The topological polar surface area (TPSA) is 38.0 Å². The zero-order chi connectivity index (χ0) is 8.72. The van der Waals surface area contributed by atoms with Crippen molar-refractivity contribution in [2.45, 2.75) is 25.9 Å². The summed E-state index contributed by atoms with van der Waals surface area (Å²) in [5.74, 6) is 0.377. The maximum absolute atomic E-state index is 9.79. The Hall–Kier alpha value is -0.830. The van der Waals surface area contributed by atoms with Gasteiger partial charge in [0.1, 0.15) is 0 Å². The number of fused-ring (bicyclic) bond motifs is 1. The Labute approximate surface area is 72.0 Å². The van der Waals surface area contributed by atoms with Gasteiger partial charge in [0, 0.05) is 18.8 Å². The fraction of sp³-hybridized carbons (Fsp3) is 0.667. The Morgan fingerprint density at radius 1 is 1.67 bits per heavy atom. The standard InChI is InChI=1S/C9H14N2O/c1-6-3-4-8-7(9(6)12)5-11(2)10-8/h5-6,9,12H,3-4H2,1-2H3. The van der Waals surface area contributed by atoms with Crippen LogP contribution in [0.25, 0.3) is 0 Å². The number of aliphatic hydroxyl groups is 1. The predicted octanol–water partition coefficient (Wildman–Crippen LogP) is 1.04. The molecular weight excluding hydrogens is 152 g/mol. The van der Waals surface area contributed by atoms with Crippen LogP contribution < -0.4 is 0 Å². The van der Waals surface area contributed by atoms with Crippen LogP contribution in [0.5, 0.6) is 0 Å². The van der Waals surface area contributed by atoms with Gasteiger partial charge in [-0.2, -0.15) is 5.10 Å². The molecule has 1 heterocycles. The molecule has 2 rings (SSSR count). The van der Waals surface area contributed by atoms with Crippen molar-refractivity contribution >= 4 is 0 Å². The van der Waals surface area contributed by atoms with E-state index in [-0.39, 0.29) is 6.10 Å². The van der Waals surface area contributed by atoms with E-state index in [1.54, 1.807) is 4.68 Å². The average molecular weight is 166 g/mol. The quantitative estimate of drug-likeness (QED) is 0.625. The minimum atomic E-state index is -0.303. The first-order valence-electron chi connectivity index (χ1n) is 4.39. The summed E-state index contributed by atoms with van der Waals surface area (Å²) in [4.78, 5) is 0. The Balaban J connectivity index is 2.41. The molecule has 3 nitrogen and oxygen atoms in total. The molecular formula is C9H14N2O. The van der Waals surface area contributed by atoms with E-state index in [1.165, 1.54) is 0 Å². The Bertz CT molecular complexity index is 293. The van der Waals surface area contributed by atoms with Crippen molar-refractivity contribution in [2.75, 3.05) is 0 Å². The molecule has 0 bridgehead atoms. The van der Waals surface area contributed by atoms with Gasteiger partial charge in [-0.1, -0.05) is 6.92 Å². The molecule has 12 heavy (non-hydrogen) atoms. The van der Waals surface area contributed by atoms with Crippen LogP contribution in [0.1, 0.15) is 30.7 Å². The van der Waals surface area contributed by atoms with Crippen LogP contribution in [0.3, 0.4) is 0 Å². The van der Waals surface area contributed by atoms with Crippen molar-refractivity contribution < 1.29 is 5.11 Å². The smallest absolute Gasteiger partial charge is 0.0848 e. The molecule has 0 radical (unpaired) electrons. The molecule has 1 aromatic rings. The van der Waals surface area contributed by atoms with Crippen LogP contribution in [-0.4, -0.2) is 14.9 Å². The first kappa shape index (κ1) is 7.80. The summed E-state index contributed by atoms with van der Waals surface area (Å²) in [5, 5.41) is 14.1. The number of rotatable bonds is 0. The largest absolute Gasteiger partial charge is 0.388 e. The number of hydrogen-bond donors (Lipinski definition) is 1. The molecule has 0 aliphatic heterocycles. The Kier molecular flexibility index (Phi) is 1.68. The lowest BCUT2D eigenvalue weighted by molar-refractivity contribution is 0.103. The van der Waals surface area contributed by atoms with Crippen molar-refractivity contribution in [3.8, 4) is 0 Å². The molecule has 1 N–H and O–H groups in total. The zero-order valence-electron chi connectivity index (χ0n) is 7.49. The molecule has 0 amide bonds. The second-order valence-corrected chi connectivity index (χ2v) is 3.67. The number of aromatic nitrogens is 2. The third-order valence-electron chi connectivity index (χ3n) is 2.63. The fourth-order valence-corrected chi connectivity index (χ4v) is 1.82. The minimum Gasteiger partial charge on any atom is -0.388 e. The van der Waals surface area contributed by atoms with E-state index < -0.39 is 0 Å². The van der Waals surface area contributed by atoms with Crippen LogP contribution in [-0.2, 0) is 13.5 Å². The monoisotopic (exact) mass is 166 g/mol. The lowest BCUT2D eigenvalue weighted by Gasteiger charge is -2.23. The molecule has 1 aromatic heterocycles. The van der Waals surface area contributed by atoms with Crippen LogP contribution in [0.2, 0.25) is 0 Å². The lowest BCUT2D eigenvalue weighted by atomic mass is 9.87. The second-order valence-electron chi connectivity index (χ2n) is 3.67. The van der Waals surface area contributed by atoms with Gasteiger partial charge in [0.2, 0.25) is 0 Å². The summed E-state index contributed by atoms with van der Waals surface area (Å²) in [5.41, 5.74) is 2.10. The zero-order valence-corrected chi connectivity index (χ0v) is 7.49. The van der Waals surface area contributed by atoms with Crippen molar-refractivity contribution in [2.24, 2.45) is 13.0 Å².